The molecule has 1 aliphatic rings. The van der Waals surface area contributed by atoms with Gasteiger partial charge in [-0.05, 0) is 37.7 Å². The Morgan fingerprint density at radius 2 is 2.04 bits per heavy atom. The van der Waals surface area contributed by atoms with E-state index in [0.717, 1.165) is 19.3 Å². The third-order valence-electron chi connectivity index (χ3n) is 3.82. The number of ether oxygens (including phenoxy) is 1. The fourth-order valence-corrected chi connectivity index (χ4v) is 4.03. The van der Waals surface area contributed by atoms with E-state index in [-0.39, 0.29) is 24.6 Å². The molecular weight excluding hydrogens is 365 g/mol. The van der Waals surface area contributed by atoms with E-state index in [4.69, 9.17) is 9.26 Å². The van der Waals surface area contributed by atoms with Gasteiger partial charge in [-0.15, -0.1) is 0 Å². The van der Waals surface area contributed by atoms with Gasteiger partial charge in [0, 0.05) is 20.1 Å². The first-order valence-corrected chi connectivity index (χ1v) is 11.3. The maximum Gasteiger partial charge on any atom is 0.472 e. The van der Waals surface area contributed by atoms with Gasteiger partial charge in [0.15, 0.2) is 0 Å². The Labute approximate surface area is 155 Å². The van der Waals surface area contributed by atoms with E-state index < -0.39 is 13.9 Å². The zero-order valence-corrected chi connectivity index (χ0v) is 17.6. The number of nitrogens with zero attached hydrogens (tertiary/aromatic N) is 1. The quantitative estimate of drug-likeness (QED) is 0.424. The molecule has 1 heterocycles. The molecule has 1 fully saturated rings. The average molecular weight is 397 g/mol. The minimum absolute atomic E-state index is 0.0398. The Hall–Kier alpha value is -0.110. The molecule has 0 saturated carbocycles. The Morgan fingerprint density at radius 3 is 2.60 bits per heavy atom. The van der Waals surface area contributed by atoms with E-state index in [1.54, 1.807) is 4.90 Å². The molecule has 7 nitrogen and oxygen atoms in total. The number of phosphoric acid groups is 1. The van der Waals surface area contributed by atoms with Gasteiger partial charge in [-0.1, -0.05) is 13.8 Å². The molecule has 1 saturated heterocycles. The number of amides is 1. The van der Waals surface area contributed by atoms with Crippen LogP contribution in [0, 0.1) is 0 Å². The summed E-state index contributed by atoms with van der Waals surface area (Å²) in [5, 5.41) is 0.555. The number of likely N-dealkylation sites (tertiary alicyclic amines) is 1. The van der Waals surface area contributed by atoms with Crippen molar-refractivity contribution in [2.45, 2.75) is 70.5 Å². The lowest BCUT2D eigenvalue weighted by atomic mass is 10.2. The third-order valence-corrected chi connectivity index (χ3v) is 6.03. The van der Waals surface area contributed by atoms with E-state index in [2.05, 4.69) is 18.4 Å². The van der Waals surface area contributed by atoms with E-state index in [1.807, 2.05) is 25.6 Å². The Bertz CT molecular complexity index is 462. The summed E-state index contributed by atoms with van der Waals surface area (Å²) in [6.07, 6.45) is 1.28. The summed E-state index contributed by atoms with van der Waals surface area (Å²) in [6.45, 7) is 8.83. The summed E-state index contributed by atoms with van der Waals surface area (Å²) in [5.41, 5.74) is 0. The number of carbonyl (C=O) groups is 1. The SMILES string of the molecule is COP(=O)(O)O[C@@H]1C[C@@H](COC(C)C)N(C(=O)CCCSC(C)C)C1. The van der Waals surface area contributed by atoms with Crippen molar-refractivity contribution >= 4 is 25.5 Å². The fourth-order valence-electron chi connectivity index (χ4n) is 2.63. The standard InChI is InChI=1S/C16H32NO6PS/c1-12(2)22-11-14-9-15(23-24(19,20)21-5)10-17(14)16(18)7-6-8-25-13(3)4/h12-15H,6-11H2,1-5H3,(H,19,20)/t14-,15+/m0/s1. The largest absolute Gasteiger partial charge is 0.472 e. The number of rotatable bonds is 11. The molecule has 0 aromatic rings. The van der Waals surface area contributed by atoms with Crippen LogP contribution in [0.5, 0.6) is 0 Å². The van der Waals surface area contributed by atoms with Crippen LogP contribution in [0.2, 0.25) is 0 Å². The molecule has 0 aromatic carbocycles. The van der Waals surface area contributed by atoms with Crippen LogP contribution in [-0.4, -0.2) is 65.2 Å². The molecule has 0 aliphatic carbocycles. The summed E-state index contributed by atoms with van der Waals surface area (Å²) in [4.78, 5) is 23.8. The van der Waals surface area contributed by atoms with Gasteiger partial charge in [-0.3, -0.25) is 13.8 Å². The highest BCUT2D eigenvalue weighted by atomic mass is 32.2. The van der Waals surface area contributed by atoms with Crippen LogP contribution >= 0.6 is 19.6 Å². The Kier molecular flexibility index (Phi) is 10.00. The van der Waals surface area contributed by atoms with Gasteiger partial charge >= 0.3 is 7.82 Å². The van der Waals surface area contributed by atoms with E-state index in [1.165, 1.54) is 0 Å². The molecule has 0 spiro atoms. The maximum atomic E-state index is 12.6. The summed E-state index contributed by atoms with van der Waals surface area (Å²) >= 11 is 1.84. The van der Waals surface area contributed by atoms with Crippen molar-refractivity contribution in [1.82, 2.24) is 4.90 Å². The van der Waals surface area contributed by atoms with Gasteiger partial charge in [0.2, 0.25) is 5.91 Å². The molecular formula is C16H32NO6PS. The van der Waals surface area contributed by atoms with Gasteiger partial charge in [-0.25, -0.2) is 4.57 Å². The zero-order chi connectivity index (χ0) is 19.0. The molecule has 1 unspecified atom stereocenters. The predicted octanol–water partition coefficient (Wildman–Crippen LogP) is 3.07. The summed E-state index contributed by atoms with van der Waals surface area (Å²) in [7, 11) is -2.93. The number of hydrogen-bond donors (Lipinski definition) is 1. The van der Waals surface area contributed by atoms with Crippen molar-refractivity contribution in [2.24, 2.45) is 0 Å². The van der Waals surface area contributed by atoms with Gasteiger partial charge in [-0.2, -0.15) is 11.8 Å². The second-order valence-electron chi connectivity index (χ2n) is 6.72. The van der Waals surface area contributed by atoms with Crippen molar-refractivity contribution in [2.75, 3.05) is 26.0 Å². The predicted molar refractivity (Wildman–Crippen MR) is 99.7 cm³/mol. The van der Waals surface area contributed by atoms with Crippen LogP contribution in [0.1, 0.15) is 47.0 Å². The molecule has 3 atom stereocenters. The molecule has 1 rings (SSSR count). The van der Waals surface area contributed by atoms with Crippen LogP contribution in [0.25, 0.3) is 0 Å². The first-order valence-electron chi connectivity index (χ1n) is 8.74. The van der Waals surface area contributed by atoms with Crippen LogP contribution in [0.15, 0.2) is 0 Å². The molecule has 0 aromatic heterocycles. The average Bonchev–Trinajstić information content (AvgIpc) is 2.91. The zero-order valence-electron chi connectivity index (χ0n) is 15.8. The van der Waals surface area contributed by atoms with Crippen LogP contribution in [-0.2, 0) is 23.1 Å². The molecule has 0 radical (unpaired) electrons. The number of hydrogen-bond acceptors (Lipinski definition) is 6. The monoisotopic (exact) mass is 397 g/mol. The summed E-state index contributed by atoms with van der Waals surface area (Å²) in [5.74, 6) is 0.984. The van der Waals surface area contributed by atoms with Crippen LogP contribution < -0.4 is 0 Å². The molecule has 1 N–H and O–H groups in total. The molecule has 1 aliphatic heterocycles. The minimum Gasteiger partial charge on any atom is -0.377 e. The first-order chi connectivity index (χ1) is 11.6. The highest BCUT2D eigenvalue weighted by Crippen LogP contribution is 2.45. The topological polar surface area (TPSA) is 85.3 Å². The second-order valence-corrected chi connectivity index (χ2v) is 9.92. The van der Waals surface area contributed by atoms with Crippen molar-refractivity contribution in [3.05, 3.63) is 0 Å². The fraction of sp³-hybridized carbons (Fsp3) is 0.938. The van der Waals surface area contributed by atoms with Crippen molar-refractivity contribution < 1.29 is 28.0 Å². The molecule has 25 heavy (non-hydrogen) atoms. The molecule has 148 valence electrons. The third kappa shape index (κ3) is 8.89. The number of carbonyl (C=O) groups excluding carboxylic acids is 1. The lowest BCUT2D eigenvalue weighted by molar-refractivity contribution is -0.133. The van der Waals surface area contributed by atoms with E-state index >= 15 is 0 Å². The Balaban J connectivity index is 2.60. The highest BCUT2D eigenvalue weighted by Gasteiger charge is 2.39. The second kappa shape index (κ2) is 10.9. The van der Waals surface area contributed by atoms with Crippen molar-refractivity contribution in [1.29, 1.82) is 0 Å². The Morgan fingerprint density at radius 1 is 1.36 bits per heavy atom. The molecule has 0 bridgehead atoms. The lowest BCUT2D eigenvalue weighted by Crippen LogP contribution is -2.39. The smallest absolute Gasteiger partial charge is 0.377 e. The summed E-state index contributed by atoms with van der Waals surface area (Å²) in [6, 6.07) is -0.144. The normalized spacial score (nSPS) is 23.4. The number of thioether (sulfide) groups is 1. The molecule has 1 amide bonds. The minimum atomic E-state index is -4.06. The number of phosphoric ester groups is 1. The summed E-state index contributed by atoms with van der Waals surface area (Å²) < 4.78 is 26.9. The van der Waals surface area contributed by atoms with Crippen LogP contribution in [0.4, 0.5) is 0 Å². The van der Waals surface area contributed by atoms with Gasteiger partial charge in [0.1, 0.15) is 0 Å². The van der Waals surface area contributed by atoms with Crippen LogP contribution in [0.3, 0.4) is 0 Å². The lowest BCUT2D eigenvalue weighted by Gasteiger charge is -2.25. The van der Waals surface area contributed by atoms with Crippen molar-refractivity contribution in [3.8, 4) is 0 Å². The van der Waals surface area contributed by atoms with Gasteiger partial charge < -0.3 is 14.5 Å². The van der Waals surface area contributed by atoms with Gasteiger partial charge in [0.25, 0.3) is 0 Å². The van der Waals surface area contributed by atoms with E-state index in [9.17, 15) is 14.3 Å². The van der Waals surface area contributed by atoms with E-state index in [0.29, 0.717) is 24.7 Å². The maximum absolute atomic E-state index is 12.6. The molecule has 9 heteroatoms. The van der Waals surface area contributed by atoms with Gasteiger partial charge in [0.05, 0.1) is 24.9 Å². The first kappa shape index (κ1) is 22.9. The highest BCUT2D eigenvalue weighted by molar-refractivity contribution is 7.99. The van der Waals surface area contributed by atoms with Crippen molar-refractivity contribution in [3.63, 3.8) is 0 Å².